The van der Waals surface area contributed by atoms with E-state index >= 15 is 0 Å². The monoisotopic (exact) mass is 266 g/mol. The van der Waals surface area contributed by atoms with Gasteiger partial charge in [-0.05, 0) is 26.0 Å². The van der Waals surface area contributed by atoms with Crippen molar-refractivity contribution in [2.24, 2.45) is 0 Å². The lowest BCUT2D eigenvalue weighted by atomic mass is 10.1. The fraction of sp³-hybridized carbons (Fsp3) is 0.250. The Balaban J connectivity index is 1.90. The van der Waals surface area contributed by atoms with E-state index in [2.05, 4.69) is 51.0 Å². The fourth-order valence-electron chi connectivity index (χ4n) is 2.48. The Labute approximate surface area is 118 Å². The zero-order valence-electron chi connectivity index (χ0n) is 11.8. The summed E-state index contributed by atoms with van der Waals surface area (Å²) in [6.07, 6.45) is 5.71. The number of nitrogens with one attached hydrogen (secondary N) is 1. The minimum absolute atomic E-state index is 0.724. The molecule has 102 valence electrons. The third-order valence-corrected chi connectivity index (χ3v) is 3.58. The van der Waals surface area contributed by atoms with Crippen molar-refractivity contribution in [3.05, 3.63) is 54.4 Å². The van der Waals surface area contributed by atoms with E-state index in [1.807, 2.05) is 25.5 Å². The molecule has 0 spiro atoms. The number of anilines is 1. The molecule has 0 aliphatic carbocycles. The molecule has 1 N–H and O–H groups in total. The Hall–Kier alpha value is -2.36. The number of aromatic nitrogens is 3. The summed E-state index contributed by atoms with van der Waals surface area (Å²) in [7, 11) is 0. The Bertz CT molecular complexity index is 730. The summed E-state index contributed by atoms with van der Waals surface area (Å²) in [4.78, 5) is 8.73. The van der Waals surface area contributed by atoms with Gasteiger partial charge in [0, 0.05) is 47.3 Å². The van der Waals surface area contributed by atoms with Crippen molar-refractivity contribution in [1.29, 1.82) is 0 Å². The molecular weight excluding hydrogens is 248 g/mol. The van der Waals surface area contributed by atoms with E-state index in [0.29, 0.717) is 0 Å². The smallest absolute Gasteiger partial charge is 0.128 e. The summed E-state index contributed by atoms with van der Waals surface area (Å²) in [5.74, 6) is 1.05. The van der Waals surface area contributed by atoms with Gasteiger partial charge in [-0.1, -0.05) is 12.1 Å². The highest BCUT2D eigenvalue weighted by Crippen LogP contribution is 2.24. The molecule has 3 aromatic rings. The molecule has 4 heteroatoms. The maximum absolute atomic E-state index is 4.39. The number of benzene rings is 1. The average molecular weight is 266 g/mol. The van der Waals surface area contributed by atoms with Crippen molar-refractivity contribution < 1.29 is 0 Å². The Morgan fingerprint density at radius 2 is 2.00 bits per heavy atom. The minimum Gasteiger partial charge on any atom is -0.377 e. The van der Waals surface area contributed by atoms with Gasteiger partial charge in [0.25, 0.3) is 0 Å². The first-order valence-corrected chi connectivity index (χ1v) is 6.88. The van der Waals surface area contributed by atoms with Crippen LogP contribution in [0.2, 0.25) is 0 Å². The zero-order chi connectivity index (χ0) is 13.9. The van der Waals surface area contributed by atoms with Gasteiger partial charge in [-0.3, -0.25) is 4.98 Å². The first-order chi connectivity index (χ1) is 9.79. The van der Waals surface area contributed by atoms with E-state index in [1.165, 1.54) is 10.8 Å². The molecule has 1 aromatic carbocycles. The third-order valence-electron chi connectivity index (χ3n) is 3.58. The van der Waals surface area contributed by atoms with Crippen LogP contribution in [0.15, 0.2) is 42.9 Å². The number of hydrogen-bond donors (Lipinski definition) is 1. The number of nitrogens with zero attached hydrogens (tertiary/aromatic N) is 3. The third kappa shape index (κ3) is 2.25. The zero-order valence-corrected chi connectivity index (χ0v) is 11.8. The Kier molecular flexibility index (Phi) is 3.37. The lowest BCUT2D eigenvalue weighted by Gasteiger charge is -2.11. The van der Waals surface area contributed by atoms with Crippen molar-refractivity contribution in [1.82, 2.24) is 14.5 Å². The first kappa shape index (κ1) is 12.7. The molecule has 0 saturated heterocycles. The maximum Gasteiger partial charge on any atom is 0.128 e. The van der Waals surface area contributed by atoms with Gasteiger partial charge in [0.1, 0.15) is 5.82 Å². The quantitative estimate of drug-likeness (QED) is 0.787. The van der Waals surface area contributed by atoms with Crippen LogP contribution in [0.1, 0.15) is 18.4 Å². The van der Waals surface area contributed by atoms with Gasteiger partial charge in [-0.2, -0.15) is 0 Å². The summed E-state index contributed by atoms with van der Waals surface area (Å²) in [5.41, 5.74) is 2.18. The van der Waals surface area contributed by atoms with Gasteiger partial charge in [-0.15, -0.1) is 0 Å². The van der Waals surface area contributed by atoms with Crippen LogP contribution in [-0.4, -0.2) is 14.5 Å². The van der Waals surface area contributed by atoms with Crippen LogP contribution in [0.4, 0.5) is 5.69 Å². The number of imidazole rings is 1. The summed E-state index contributed by atoms with van der Waals surface area (Å²) in [6, 6.07) is 8.32. The van der Waals surface area contributed by atoms with Crippen LogP contribution < -0.4 is 5.32 Å². The maximum atomic E-state index is 4.39. The van der Waals surface area contributed by atoms with Crippen LogP contribution in [0.3, 0.4) is 0 Å². The molecule has 0 atom stereocenters. The van der Waals surface area contributed by atoms with Crippen molar-refractivity contribution in [3.63, 3.8) is 0 Å². The molecule has 3 rings (SSSR count). The Morgan fingerprint density at radius 3 is 2.85 bits per heavy atom. The van der Waals surface area contributed by atoms with E-state index in [1.54, 1.807) is 0 Å². The largest absolute Gasteiger partial charge is 0.377 e. The van der Waals surface area contributed by atoms with Crippen LogP contribution in [-0.2, 0) is 13.1 Å². The highest BCUT2D eigenvalue weighted by Gasteiger charge is 2.05. The molecule has 0 aliphatic heterocycles. The van der Waals surface area contributed by atoms with Crippen molar-refractivity contribution in [2.75, 3.05) is 5.32 Å². The molecule has 0 bridgehead atoms. The van der Waals surface area contributed by atoms with Crippen LogP contribution in [0, 0.1) is 6.92 Å². The number of rotatable bonds is 4. The lowest BCUT2D eigenvalue weighted by molar-refractivity contribution is 0.708. The van der Waals surface area contributed by atoms with E-state index in [4.69, 9.17) is 0 Å². The SMILES string of the molecule is CCn1ccnc1CNc1cccc2c(C)nccc12. The minimum atomic E-state index is 0.724. The number of pyridine rings is 1. The second-order valence-electron chi connectivity index (χ2n) is 4.78. The van der Waals surface area contributed by atoms with E-state index < -0.39 is 0 Å². The number of hydrogen-bond acceptors (Lipinski definition) is 3. The van der Waals surface area contributed by atoms with Gasteiger partial charge < -0.3 is 9.88 Å². The van der Waals surface area contributed by atoms with E-state index in [9.17, 15) is 0 Å². The second-order valence-corrected chi connectivity index (χ2v) is 4.78. The van der Waals surface area contributed by atoms with Crippen molar-refractivity contribution in [2.45, 2.75) is 26.9 Å². The van der Waals surface area contributed by atoms with Crippen LogP contribution in [0.5, 0.6) is 0 Å². The highest BCUT2D eigenvalue weighted by molar-refractivity contribution is 5.94. The lowest BCUT2D eigenvalue weighted by Crippen LogP contribution is -2.07. The second kappa shape index (κ2) is 5.33. The average Bonchev–Trinajstić information content (AvgIpc) is 2.93. The predicted octanol–water partition coefficient (Wildman–Crippen LogP) is 3.37. The molecule has 2 aromatic heterocycles. The summed E-state index contributed by atoms with van der Waals surface area (Å²) in [6.45, 7) is 5.82. The normalized spacial score (nSPS) is 10.9. The summed E-state index contributed by atoms with van der Waals surface area (Å²) < 4.78 is 2.14. The predicted molar refractivity (Wildman–Crippen MR) is 81.7 cm³/mol. The molecule has 0 amide bonds. The van der Waals surface area contributed by atoms with Crippen LogP contribution >= 0.6 is 0 Å². The summed E-state index contributed by atoms with van der Waals surface area (Å²) in [5, 5.41) is 5.88. The molecule has 0 unspecified atom stereocenters. The van der Waals surface area contributed by atoms with E-state index in [-0.39, 0.29) is 0 Å². The van der Waals surface area contributed by atoms with Crippen LogP contribution in [0.25, 0.3) is 10.8 Å². The first-order valence-electron chi connectivity index (χ1n) is 6.88. The topological polar surface area (TPSA) is 42.7 Å². The molecule has 0 aliphatic rings. The standard InChI is InChI=1S/C16H18N4/c1-3-20-10-9-18-16(20)11-19-15-6-4-5-13-12(2)17-8-7-14(13)15/h4-10,19H,3,11H2,1-2H3. The van der Waals surface area contributed by atoms with Gasteiger partial charge in [0.05, 0.1) is 6.54 Å². The van der Waals surface area contributed by atoms with Crippen molar-refractivity contribution >= 4 is 16.5 Å². The molecular formula is C16H18N4. The van der Waals surface area contributed by atoms with Gasteiger partial charge in [0.2, 0.25) is 0 Å². The van der Waals surface area contributed by atoms with Gasteiger partial charge >= 0.3 is 0 Å². The number of fused-ring (bicyclic) bond motifs is 1. The highest BCUT2D eigenvalue weighted by atomic mass is 15.1. The molecule has 20 heavy (non-hydrogen) atoms. The molecule has 4 nitrogen and oxygen atoms in total. The molecule has 2 heterocycles. The molecule has 0 fully saturated rings. The van der Waals surface area contributed by atoms with Crippen molar-refractivity contribution in [3.8, 4) is 0 Å². The van der Waals surface area contributed by atoms with E-state index in [0.717, 1.165) is 30.3 Å². The number of aryl methyl sites for hydroxylation is 2. The van der Waals surface area contributed by atoms with Gasteiger partial charge in [-0.25, -0.2) is 4.98 Å². The molecule has 0 radical (unpaired) electrons. The van der Waals surface area contributed by atoms with Gasteiger partial charge in [0.15, 0.2) is 0 Å². The Morgan fingerprint density at radius 1 is 1.10 bits per heavy atom. The summed E-state index contributed by atoms with van der Waals surface area (Å²) >= 11 is 0. The fourth-order valence-corrected chi connectivity index (χ4v) is 2.48. The molecule has 0 saturated carbocycles.